The van der Waals surface area contributed by atoms with Gasteiger partial charge in [-0.05, 0) is 25.0 Å². The fraction of sp³-hybridized carbons (Fsp3) is 0.364. The maximum absolute atomic E-state index is 12.1. The summed E-state index contributed by atoms with van der Waals surface area (Å²) in [6.07, 6.45) is 1.66. The average molecular weight is 458 g/mol. The quantitative estimate of drug-likeness (QED) is 0.414. The van der Waals surface area contributed by atoms with Crippen molar-refractivity contribution in [1.82, 2.24) is 14.9 Å². The van der Waals surface area contributed by atoms with Gasteiger partial charge in [-0.1, -0.05) is 41.8 Å². The number of carbonyl (C=O) groups is 2. The number of amides is 1. The Kier molecular flexibility index (Phi) is 8.44. The van der Waals surface area contributed by atoms with E-state index < -0.39 is 17.5 Å². The van der Waals surface area contributed by atoms with Gasteiger partial charge in [0.2, 0.25) is 5.91 Å². The van der Waals surface area contributed by atoms with Crippen LogP contribution in [0.25, 0.3) is 0 Å². The van der Waals surface area contributed by atoms with E-state index in [2.05, 4.69) is 22.1 Å². The van der Waals surface area contributed by atoms with Crippen LogP contribution in [0.4, 0.5) is 0 Å². The van der Waals surface area contributed by atoms with Crippen molar-refractivity contribution >= 4 is 22.8 Å². The number of ether oxygens (including phenoxy) is 1. The first-order valence-electron chi connectivity index (χ1n) is 10.1. The molecule has 1 aromatic heterocycles. The molecule has 1 fully saturated rings. The molecule has 0 saturated carbocycles. The van der Waals surface area contributed by atoms with Crippen molar-refractivity contribution < 1.29 is 19.4 Å². The van der Waals surface area contributed by atoms with E-state index in [-0.39, 0.29) is 48.7 Å². The third kappa shape index (κ3) is 6.68. The minimum Gasteiger partial charge on any atom is -0.394 e. The molecule has 0 radical (unpaired) electrons. The number of aromatic nitrogens is 2. The first-order valence-corrected chi connectivity index (χ1v) is 10.9. The van der Waals surface area contributed by atoms with Crippen molar-refractivity contribution in [1.29, 1.82) is 0 Å². The molecular weight excluding hydrogens is 434 g/mol. The summed E-state index contributed by atoms with van der Waals surface area (Å²) < 4.78 is 6.82. The van der Waals surface area contributed by atoms with E-state index in [0.717, 1.165) is 16.7 Å². The van der Waals surface area contributed by atoms with Crippen molar-refractivity contribution in [2.75, 3.05) is 13.2 Å². The molecule has 2 heterocycles. The zero-order valence-electron chi connectivity index (χ0n) is 17.2. The highest BCUT2D eigenvalue weighted by atomic mass is 32.2. The van der Waals surface area contributed by atoms with Crippen molar-refractivity contribution in [2.45, 2.75) is 42.9 Å². The van der Waals surface area contributed by atoms with Crippen molar-refractivity contribution in [2.24, 2.45) is 0 Å². The lowest BCUT2D eigenvalue weighted by Crippen LogP contribution is -2.33. The zero-order valence-corrected chi connectivity index (χ0v) is 18.0. The van der Waals surface area contributed by atoms with Gasteiger partial charge in [0.1, 0.15) is 11.8 Å². The molecule has 32 heavy (non-hydrogen) atoms. The highest BCUT2D eigenvalue weighted by molar-refractivity contribution is 8.13. The third-order valence-corrected chi connectivity index (χ3v) is 5.63. The van der Waals surface area contributed by atoms with Crippen LogP contribution in [0.3, 0.4) is 0 Å². The smallest absolute Gasteiger partial charge is 0.330 e. The van der Waals surface area contributed by atoms with Crippen LogP contribution in [-0.4, -0.2) is 44.9 Å². The van der Waals surface area contributed by atoms with Gasteiger partial charge in [-0.2, -0.15) is 0 Å². The highest BCUT2D eigenvalue weighted by Crippen LogP contribution is 2.26. The van der Waals surface area contributed by atoms with Crippen LogP contribution >= 0.6 is 11.8 Å². The van der Waals surface area contributed by atoms with Crippen LogP contribution in [-0.2, 0) is 14.3 Å². The molecule has 1 unspecified atom stereocenters. The summed E-state index contributed by atoms with van der Waals surface area (Å²) in [6, 6.07) is 9.19. The number of H-pyrrole nitrogens is 1. The molecule has 2 aromatic rings. The lowest BCUT2D eigenvalue weighted by atomic mass is 10.2. The lowest BCUT2D eigenvalue weighted by molar-refractivity contribution is -0.122. The molecule has 168 valence electrons. The number of aliphatic hydroxyl groups is 1. The number of hydrogen-bond acceptors (Lipinski definition) is 7. The molecular formula is C22H23N3O6S. The number of thioether (sulfide) groups is 1. The fourth-order valence-electron chi connectivity index (χ4n) is 3.07. The van der Waals surface area contributed by atoms with Crippen molar-refractivity contribution in [3.8, 4) is 11.8 Å². The van der Waals surface area contributed by atoms with Crippen molar-refractivity contribution in [3.63, 3.8) is 0 Å². The Morgan fingerprint density at radius 3 is 2.72 bits per heavy atom. The highest BCUT2D eigenvalue weighted by Gasteiger charge is 2.27. The van der Waals surface area contributed by atoms with Crippen LogP contribution in [0.1, 0.15) is 37.5 Å². The molecule has 9 nitrogen and oxygen atoms in total. The Balaban J connectivity index is 1.50. The lowest BCUT2D eigenvalue weighted by Gasteiger charge is -2.14. The van der Waals surface area contributed by atoms with E-state index in [4.69, 9.17) is 4.74 Å². The van der Waals surface area contributed by atoms with Crippen LogP contribution in [0.5, 0.6) is 0 Å². The number of aliphatic hydroxyl groups excluding tert-OH is 1. The number of nitrogens with one attached hydrogen (secondary N) is 2. The van der Waals surface area contributed by atoms with Gasteiger partial charge >= 0.3 is 5.69 Å². The molecule has 1 saturated heterocycles. The Morgan fingerprint density at radius 2 is 2.00 bits per heavy atom. The molecule has 3 N–H and O–H groups in total. The van der Waals surface area contributed by atoms with Crippen LogP contribution in [0.15, 0.2) is 51.0 Å². The van der Waals surface area contributed by atoms with Gasteiger partial charge in [0.25, 0.3) is 5.56 Å². The number of rotatable bonds is 7. The molecule has 0 bridgehead atoms. The van der Waals surface area contributed by atoms with E-state index in [0.29, 0.717) is 12.8 Å². The Bertz CT molecular complexity index is 1130. The zero-order chi connectivity index (χ0) is 22.9. The van der Waals surface area contributed by atoms with Gasteiger partial charge in [0.15, 0.2) is 5.12 Å². The summed E-state index contributed by atoms with van der Waals surface area (Å²) in [7, 11) is 0. The minimum atomic E-state index is -0.634. The predicted molar refractivity (Wildman–Crippen MR) is 118 cm³/mol. The van der Waals surface area contributed by atoms with E-state index in [1.807, 2.05) is 30.3 Å². The monoisotopic (exact) mass is 457 g/mol. The number of aromatic amines is 1. The number of carbonyl (C=O) groups excluding carboxylic acids is 2. The molecule has 1 amide bonds. The van der Waals surface area contributed by atoms with Gasteiger partial charge in [-0.3, -0.25) is 23.9 Å². The van der Waals surface area contributed by atoms with Crippen LogP contribution in [0.2, 0.25) is 0 Å². The standard InChI is InChI=1S/C22H23N3O6S/c26-14-16-8-10-19(31-16)25-13-15(21(29)24-22(25)30)5-4-12-23-18(27)9-11-20(28)32-17-6-2-1-3-7-17/h1-3,6-7,13,16,19,26H,8-12,14H2,(H,23,27)(H,24,29,30)/t16-,19?/m0/s1. The third-order valence-electron chi connectivity index (χ3n) is 4.69. The number of hydrogen-bond donors (Lipinski definition) is 3. The minimum absolute atomic E-state index is 0.00999. The predicted octanol–water partition coefficient (Wildman–Crippen LogP) is 0.773. The maximum Gasteiger partial charge on any atom is 0.330 e. The summed E-state index contributed by atoms with van der Waals surface area (Å²) in [5.41, 5.74) is -1.19. The van der Waals surface area contributed by atoms with Gasteiger partial charge in [-0.15, -0.1) is 0 Å². The second-order valence-corrected chi connectivity index (χ2v) is 8.18. The first kappa shape index (κ1) is 23.5. The van der Waals surface area contributed by atoms with E-state index in [1.54, 1.807) is 0 Å². The Hall–Kier alpha value is -3.13. The normalized spacial score (nSPS) is 17.4. The topological polar surface area (TPSA) is 130 Å². The molecule has 10 heteroatoms. The summed E-state index contributed by atoms with van der Waals surface area (Å²) in [4.78, 5) is 51.0. The summed E-state index contributed by atoms with van der Waals surface area (Å²) in [5.74, 6) is 4.98. The number of nitrogens with zero attached hydrogens (tertiary/aromatic N) is 1. The van der Waals surface area contributed by atoms with Gasteiger partial charge in [0.05, 0.1) is 19.3 Å². The molecule has 1 aliphatic rings. The van der Waals surface area contributed by atoms with Crippen molar-refractivity contribution in [3.05, 3.63) is 62.9 Å². The Morgan fingerprint density at radius 1 is 1.22 bits per heavy atom. The fourth-order valence-corrected chi connectivity index (χ4v) is 3.83. The molecule has 0 aliphatic carbocycles. The first-order chi connectivity index (χ1) is 15.5. The molecule has 3 rings (SSSR count). The second-order valence-electron chi connectivity index (χ2n) is 7.05. The van der Waals surface area contributed by atoms with E-state index >= 15 is 0 Å². The summed E-state index contributed by atoms with van der Waals surface area (Å²) in [6.45, 7) is -0.151. The van der Waals surface area contributed by atoms with Gasteiger partial charge in [-0.25, -0.2) is 4.79 Å². The SMILES string of the molecule is O=C(CCC(=O)Sc1ccccc1)NCC#Cc1cn(C2CC[C@@H](CO)O2)c(=O)[nH]c1=O. The van der Waals surface area contributed by atoms with Gasteiger partial charge < -0.3 is 15.2 Å². The molecule has 0 spiro atoms. The largest absolute Gasteiger partial charge is 0.394 e. The summed E-state index contributed by atoms with van der Waals surface area (Å²) in [5, 5.41) is 11.6. The second kappa shape index (κ2) is 11.5. The van der Waals surface area contributed by atoms with Crippen LogP contribution in [0, 0.1) is 11.8 Å². The average Bonchev–Trinajstić information content (AvgIpc) is 3.26. The van der Waals surface area contributed by atoms with E-state index in [1.165, 1.54) is 10.8 Å². The van der Waals surface area contributed by atoms with Gasteiger partial charge in [0, 0.05) is 23.9 Å². The maximum atomic E-state index is 12.1. The number of benzene rings is 1. The van der Waals surface area contributed by atoms with Crippen LogP contribution < -0.4 is 16.6 Å². The molecule has 1 aliphatic heterocycles. The molecule has 1 aromatic carbocycles. The summed E-state index contributed by atoms with van der Waals surface area (Å²) >= 11 is 1.09. The Labute approximate surface area is 188 Å². The molecule has 2 atom stereocenters. The van der Waals surface area contributed by atoms with E-state index in [9.17, 15) is 24.3 Å².